The van der Waals surface area contributed by atoms with Crippen molar-refractivity contribution in [2.24, 2.45) is 0 Å². The second-order valence-corrected chi connectivity index (χ2v) is 5.96. The predicted octanol–water partition coefficient (Wildman–Crippen LogP) is 0.682. The smallest absolute Gasteiger partial charge is 0.316 e. The molecule has 4 rings (SSSR count). The number of aromatic nitrogens is 5. The van der Waals surface area contributed by atoms with Gasteiger partial charge in [0.15, 0.2) is 11.5 Å². The SMILES string of the molecule is CCn1c(=O)c(=O)[nH]c2cc(C(=O)NCc3nnc4ccccn34)ccc21. The van der Waals surface area contributed by atoms with Crippen molar-refractivity contribution >= 4 is 22.6 Å². The van der Waals surface area contributed by atoms with Gasteiger partial charge in [-0.3, -0.25) is 18.8 Å². The Labute approximate surface area is 152 Å². The maximum absolute atomic E-state index is 12.5. The Bertz CT molecular complexity index is 1280. The molecule has 0 radical (unpaired) electrons. The Morgan fingerprint density at radius 2 is 2.04 bits per heavy atom. The molecule has 1 amide bonds. The molecule has 0 aliphatic carbocycles. The first-order valence-corrected chi connectivity index (χ1v) is 8.42. The van der Waals surface area contributed by atoms with E-state index < -0.39 is 11.1 Å². The Morgan fingerprint density at radius 1 is 1.19 bits per heavy atom. The van der Waals surface area contributed by atoms with Crippen LogP contribution in [-0.4, -0.2) is 30.1 Å². The Hall–Kier alpha value is -3.75. The minimum atomic E-state index is -0.711. The lowest BCUT2D eigenvalue weighted by Gasteiger charge is -2.09. The molecule has 4 aromatic rings. The van der Waals surface area contributed by atoms with Gasteiger partial charge in [-0.25, -0.2) is 0 Å². The van der Waals surface area contributed by atoms with Crippen molar-refractivity contribution in [3.05, 3.63) is 74.7 Å². The second-order valence-electron chi connectivity index (χ2n) is 5.96. The molecule has 0 aliphatic heterocycles. The van der Waals surface area contributed by atoms with Crippen LogP contribution in [0.4, 0.5) is 0 Å². The molecule has 0 atom stereocenters. The molecule has 0 saturated carbocycles. The highest BCUT2D eigenvalue weighted by Crippen LogP contribution is 2.12. The van der Waals surface area contributed by atoms with Gasteiger partial charge in [0.2, 0.25) is 0 Å². The minimum absolute atomic E-state index is 0.201. The molecule has 3 aromatic heterocycles. The summed E-state index contributed by atoms with van der Waals surface area (Å²) in [7, 11) is 0. The number of benzene rings is 1. The first-order valence-electron chi connectivity index (χ1n) is 8.42. The third-order valence-electron chi connectivity index (χ3n) is 4.34. The van der Waals surface area contributed by atoms with Crippen LogP contribution in [0.3, 0.4) is 0 Å². The summed E-state index contributed by atoms with van der Waals surface area (Å²) >= 11 is 0. The van der Waals surface area contributed by atoms with Gasteiger partial charge in [-0.2, -0.15) is 0 Å². The number of hydrogen-bond donors (Lipinski definition) is 2. The number of carbonyl (C=O) groups excluding carboxylic acids is 1. The number of carbonyl (C=O) groups is 1. The monoisotopic (exact) mass is 364 g/mol. The quantitative estimate of drug-likeness (QED) is 0.517. The number of pyridine rings is 1. The fourth-order valence-corrected chi connectivity index (χ4v) is 3.01. The van der Waals surface area contributed by atoms with E-state index in [1.54, 1.807) is 29.5 Å². The van der Waals surface area contributed by atoms with E-state index in [0.29, 0.717) is 34.6 Å². The van der Waals surface area contributed by atoms with Crippen molar-refractivity contribution < 1.29 is 4.79 Å². The van der Waals surface area contributed by atoms with Crippen molar-refractivity contribution in [3.63, 3.8) is 0 Å². The number of H-pyrrole nitrogens is 1. The normalized spacial score (nSPS) is 11.1. The highest BCUT2D eigenvalue weighted by Gasteiger charge is 2.12. The number of nitrogens with zero attached hydrogens (tertiary/aromatic N) is 4. The van der Waals surface area contributed by atoms with Crippen LogP contribution in [0.15, 0.2) is 52.2 Å². The van der Waals surface area contributed by atoms with Gasteiger partial charge in [0.1, 0.15) is 0 Å². The molecule has 3 heterocycles. The highest BCUT2D eigenvalue weighted by atomic mass is 16.2. The number of aromatic amines is 1. The van der Waals surface area contributed by atoms with Crippen LogP contribution in [0.5, 0.6) is 0 Å². The number of aryl methyl sites for hydroxylation is 1. The van der Waals surface area contributed by atoms with Crippen molar-refractivity contribution in [2.75, 3.05) is 0 Å². The van der Waals surface area contributed by atoms with Gasteiger partial charge in [-0.15, -0.1) is 10.2 Å². The van der Waals surface area contributed by atoms with Crippen LogP contribution in [0.25, 0.3) is 16.7 Å². The van der Waals surface area contributed by atoms with E-state index in [-0.39, 0.29) is 12.5 Å². The topological polar surface area (TPSA) is 114 Å². The van der Waals surface area contributed by atoms with E-state index in [1.165, 1.54) is 4.57 Å². The maximum Gasteiger partial charge on any atom is 0.316 e. The zero-order valence-corrected chi connectivity index (χ0v) is 14.5. The summed E-state index contributed by atoms with van der Waals surface area (Å²) < 4.78 is 3.16. The van der Waals surface area contributed by atoms with E-state index >= 15 is 0 Å². The average molecular weight is 364 g/mol. The molecule has 0 aliphatic rings. The standard InChI is InChI=1S/C18H16N6O3/c1-2-23-13-7-6-11(9-12(13)20-17(26)18(23)27)16(25)19-10-15-22-21-14-5-3-4-8-24(14)15/h3-9H,2,10H2,1H3,(H,19,25)(H,20,26). The van der Waals surface area contributed by atoms with Crippen molar-refractivity contribution in [2.45, 2.75) is 20.0 Å². The molecule has 0 fully saturated rings. The highest BCUT2D eigenvalue weighted by molar-refractivity contribution is 5.97. The lowest BCUT2D eigenvalue weighted by molar-refractivity contribution is 0.0950. The van der Waals surface area contributed by atoms with Gasteiger partial charge in [-0.05, 0) is 37.3 Å². The fourth-order valence-electron chi connectivity index (χ4n) is 3.01. The molecule has 0 saturated heterocycles. The first-order chi connectivity index (χ1) is 13.1. The molecule has 27 heavy (non-hydrogen) atoms. The largest absolute Gasteiger partial charge is 0.345 e. The van der Waals surface area contributed by atoms with E-state index in [1.807, 2.05) is 24.4 Å². The number of fused-ring (bicyclic) bond motifs is 2. The number of hydrogen-bond acceptors (Lipinski definition) is 5. The molecule has 0 unspecified atom stereocenters. The van der Waals surface area contributed by atoms with Gasteiger partial charge in [-0.1, -0.05) is 6.07 Å². The molecular weight excluding hydrogens is 348 g/mol. The van der Waals surface area contributed by atoms with Crippen LogP contribution in [0, 0.1) is 0 Å². The van der Waals surface area contributed by atoms with E-state index in [9.17, 15) is 14.4 Å². The minimum Gasteiger partial charge on any atom is -0.345 e. The molecule has 1 aromatic carbocycles. The Kier molecular flexibility index (Phi) is 4.03. The number of rotatable bonds is 4. The zero-order valence-electron chi connectivity index (χ0n) is 14.5. The summed E-state index contributed by atoms with van der Waals surface area (Å²) in [4.78, 5) is 38.7. The maximum atomic E-state index is 12.5. The summed E-state index contributed by atoms with van der Waals surface area (Å²) in [6, 6.07) is 10.4. The van der Waals surface area contributed by atoms with Crippen molar-refractivity contribution in [3.8, 4) is 0 Å². The summed E-state index contributed by atoms with van der Waals surface area (Å²) in [6.45, 7) is 2.35. The summed E-state index contributed by atoms with van der Waals surface area (Å²) in [5.41, 5.74) is 0.748. The first kappa shape index (κ1) is 16.7. The summed E-state index contributed by atoms with van der Waals surface area (Å²) in [5.74, 6) is 0.285. The van der Waals surface area contributed by atoms with Gasteiger partial charge >= 0.3 is 11.1 Å². The van der Waals surface area contributed by atoms with Gasteiger partial charge in [0, 0.05) is 18.3 Å². The number of nitrogens with one attached hydrogen (secondary N) is 2. The molecule has 9 heteroatoms. The average Bonchev–Trinajstić information content (AvgIpc) is 3.10. The molecule has 9 nitrogen and oxygen atoms in total. The fraction of sp³-hybridized carbons (Fsp3) is 0.167. The lowest BCUT2D eigenvalue weighted by atomic mass is 10.1. The van der Waals surface area contributed by atoms with Crippen LogP contribution in [0.1, 0.15) is 23.1 Å². The summed E-state index contributed by atoms with van der Waals surface area (Å²) in [5, 5.41) is 10.9. The summed E-state index contributed by atoms with van der Waals surface area (Å²) in [6.07, 6.45) is 1.82. The third kappa shape index (κ3) is 2.88. The van der Waals surface area contributed by atoms with Gasteiger partial charge in [0.25, 0.3) is 5.91 Å². The molecule has 0 bridgehead atoms. The van der Waals surface area contributed by atoms with Crippen molar-refractivity contribution in [1.29, 1.82) is 0 Å². The second kappa shape index (κ2) is 6.52. The predicted molar refractivity (Wildman–Crippen MR) is 98.7 cm³/mol. The van der Waals surface area contributed by atoms with Gasteiger partial charge < -0.3 is 14.9 Å². The van der Waals surface area contributed by atoms with Gasteiger partial charge in [0.05, 0.1) is 17.6 Å². The molecule has 136 valence electrons. The Morgan fingerprint density at radius 3 is 2.85 bits per heavy atom. The Balaban J connectivity index is 1.62. The van der Waals surface area contributed by atoms with E-state index in [2.05, 4.69) is 20.5 Å². The van der Waals surface area contributed by atoms with Crippen LogP contribution in [-0.2, 0) is 13.1 Å². The molecular formula is C18H16N6O3. The lowest BCUT2D eigenvalue weighted by Crippen LogP contribution is -2.36. The zero-order chi connectivity index (χ0) is 19.0. The van der Waals surface area contributed by atoms with Crippen LogP contribution >= 0.6 is 0 Å². The van der Waals surface area contributed by atoms with Crippen LogP contribution in [0.2, 0.25) is 0 Å². The molecule has 0 spiro atoms. The third-order valence-corrected chi connectivity index (χ3v) is 4.34. The van der Waals surface area contributed by atoms with Crippen LogP contribution < -0.4 is 16.4 Å². The van der Waals surface area contributed by atoms with E-state index in [0.717, 1.165) is 0 Å². The van der Waals surface area contributed by atoms with E-state index in [4.69, 9.17) is 0 Å². The number of amides is 1. The molecule has 2 N–H and O–H groups in total. The van der Waals surface area contributed by atoms with Crippen molar-refractivity contribution in [1.82, 2.24) is 29.5 Å².